The topological polar surface area (TPSA) is 55.8 Å². The number of hydrogen-bond acceptors (Lipinski definition) is 6. The summed E-state index contributed by atoms with van der Waals surface area (Å²) < 4.78 is 10.7. The molecular weight excluding hydrogens is 430 g/mol. The average Bonchev–Trinajstić information content (AvgIpc) is 3.05. The van der Waals surface area contributed by atoms with Crippen molar-refractivity contribution in [1.29, 1.82) is 0 Å². The molecule has 0 bridgehead atoms. The highest BCUT2D eigenvalue weighted by atomic mass is 32.2. The predicted octanol–water partition coefficient (Wildman–Crippen LogP) is 5.19. The molecule has 3 aromatic carbocycles. The van der Waals surface area contributed by atoms with Crippen molar-refractivity contribution < 1.29 is 19.1 Å². The molecule has 4 rings (SSSR count). The maximum absolute atomic E-state index is 13.1. The van der Waals surface area contributed by atoms with E-state index in [1.54, 1.807) is 30.0 Å². The van der Waals surface area contributed by atoms with E-state index in [4.69, 9.17) is 21.7 Å². The SMILES string of the molecule is CCOC(=O)COc1ccc(/C=C2/SC(=S)N(c3cccc4ccccc34)C2=O)cc1. The van der Waals surface area contributed by atoms with Crippen molar-refractivity contribution in [2.45, 2.75) is 6.92 Å². The van der Waals surface area contributed by atoms with Crippen LogP contribution in [0.2, 0.25) is 0 Å². The Morgan fingerprint density at radius 3 is 2.58 bits per heavy atom. The molecule has 1 aliphatic heterocycles. The van der Waals surface area contributed by atoms with Crippen molar-refractivity contribution >= 4 is 62.7 Å². The monoisotopic (exact) mass is 449 g/mol. The van der Waals surface area contributed by atoms with Crippen LogP contribution in [-0.2, 0) is 14.3 Å². The van der Waals surface area contributed by atoms with Gasteiger partial charge in [-0.3, -0.25) is 9.69 Å². The Kier molecular flexibility index (Phi) is 6.34. The Bertz CT molecular complexity index is 1180. The summed E-state index contributed by atoms with van der Waals surface area (Å²) in [5, 5.41) is 2.03. The molecule has 5 nitrogen and oxygen atoms in total. The van der Waals surface area contributed by atoms with Crippen LogP contribution in [0.4, 0.5) is 5.69 Å². The first-order valence-corrected chi connectivity index (χ1v) is 10.9. The summed E-state index contributed by atoms with van der Waals surface area (Å²) in [5.41, 5.74) is 1.62. The highest BCUT2D eigenvalue weighted by molar-refractivity contribution is 8.27. The number of esters is 1. The normalized spacial score (nSPS) is 15.0. The highest BCUT2D eigenvalue weighted by Crippen LogP contribution is 2.38. The number of carbonyl (C=O) groups is 2. The first kappa shape index (κ1) is 21.1. The first-order valence-electron chi connectivity index (χ1n) is 9.71. The van der Waals surface area contributed by atoms with E-state index in [2.05, 4.69) is 0 Å². The van der Waals surface area contributed by atoms with Gasteiger partial charge in [0.15, 0.2) is 10.9 Å². The van der Waals surface area contributed by atoms with E-state index in [1.807, 2.05) is 54.6 Å². The van der Waals surface area contributed by atoms with Gasteiger partial charge in [-0.15, -0.1) is 0 Å². The number of thioether (sulfide) groups is 1. The lowest BCUT2D eigenvalue weighted by Gasteiger charge is -2.17. The Morgan fingerprint density at radius 1 is 1.06 bits per heavy atom. The number of hydrogen-bond donors (Lipinski definition) is 0. The third-order valence-electron chi connectivity index (χ3n) is 4.64. The standard InChI is InChI=1S/C24H19NO4S2/c1-2-28-22(26)15-29-18-12-10-16(11-13-18)14-21-23(27)25(24(30)31-21)20-9-5-7-17-6-3-4-8-19(17)20/h3-14H,2,15H2,1H3/b21-14+. The van der Waals surface area contributed by atoms with Gasteiger partial charge in [-0.2, -0.15) is 0 Å². The van der Waals surface area contributed by atoms with Crippen LogP contribution >= 0.6 is 24.0 Å². The summed E-state index contributed by atoms with van der Waals surface area (Å²) >= 11 is 6.80. The molecule has 0 aromatic heterocycles. The lowest BCUT2D eigenvalue weighted by molar-refractivity contribution is -0.145. The number of nitrogens with zero attached hydrogens (tertiary/aromatic N) is 1. The molecule has 0 saturated carbocycles. The van der Waals surface area contributed by atoms with E-state index in [1.165, 1.54) is 11.8 Å². The fraction of sp³-hybridized carbons (Fsp3) is 0.125. The van der Waals surface area contributed by atoms with Gasteiger partial charge < -0.3 is 9.47 Å². The van der Waals surface area contributed by atoms with Crippen molar-refractivity contribution in [1.82, 2.24) is 0 Å². The van der Waals surface area contributed by atoms with Gasteiger partial charge in [0.1, 0.15) is 5.75 Å². The third kappa shape index (κ3) is 4.62. The number of carbonyl (C=O) groups excluding carboxylic acids is 2. The zero-order valence-electron chi connectivity index (χ0n) is 16.7. The van der Waals surface area contributed by atoms with Crippen LogP contribution in [0.15, 0.2) is 71.6 Å². The van der Waals surface area contributed by atoms with Crippen molar-refractivity contribution in [3.63, 3.8) is 0 Å². The second-order valence-electron chi connectivity index (χ2n) is 6.68. The summed E-state index contributed by atoms with van der Waals surface area (Å²) in [6.45, 7) is 1.92. The van der Waals surface area contributed by atoms with E-state index < -0.39 is 5.97 Å². The lowest BCUT2D eigenvalue weighted by atomic mass is 10.1. The molecule has 7 heteroatoms. The summed E-state index contributed by atoms with van der Waals surface area (Å²) in [6.07, 6.45) is 1.81. The number of ether oxygens (including phenoxy) is 2. The molecule has 156 valence electrons. The van der Waals surface area contributed by atoms with Gasteiger partial charge in [0, 0.05) is 5.39 Å². The molecule has 1 aliphatic rings. The summed E-state index contributed by atoms with van der Waals surface area (Å²) in [6, 6.07) is 20.9. The fourth-order valence-corrected chi connectivity index (χ4v) is 4.52. The number of rotatable bonds is 6. The molecule has 0 atom stereocenters. The molecular formula is C24H19NO4S2. The molecule has 0 radical (unpaired) electrons. The Morgan fingerprint density at radius 2 is 1.81 bits per heavy atom. The van der Waals surface area contributed by atoms with Gasteiger partial charge in [0.05, 0.1) is 17.2 Å². The van der Waals surface area contributed by atoms with Crippen LogP contribution < -0.4 is 9.64 Å². The van der Waals surface area contributed by atoms with Crippen LogP contribution in [-0.4, -0.2) is 29.4 Å². The number of thiocarbonyl (C=S) groups is 1. The lowest BCUT2D eigenvalue weighted by Crippen LogP contribution is -2.27. The number of benzene rings is 3. The zero-order valence-corrected chi connectivity index (χ0v) is 18.4. The Hall–Kier alpha value is -3.16. The number of amides is 1. The molecule has 0 N–H and O–H groups in total. The Balaban J connectivity index is 1.53. The van der Waals surface area contributed by atoms with E-state index in [0.717, 1.165) is 22.0 Å². The van der Waals surface area contributed by atoms with Gasteiger partial charge in [-0.1, -0.05) is 72.5 Å². The van der Waals surface area contributed by atoms with Crippen LogP contribution in [0.5, 0.6) is 5.75 Å². The molecule has 1 fully saturated rings. The summed E-state index contributed by atoms with van der Waals surface area (Å²) in [7, 11) is 0. The fourth-order valence-electron chi connectivity index (χ4n) is 3.24. The zero-order chi connectivity index (χ0) is 21.8. The van der Waals surface area contributed by atoms with E-state index in [9.17, 15) is 9.59 Å². The molecule has 31 heavy (non-hydrogen) atoms. The maximum Gasteiger partial charge on any atom is 0.344 e. The van der Waals surface area contributed by atoms with Crippen LogP contribution in [0.3, 0.4) is 0 Å². The predicted molar refractivity (Wildman–Crippen MR) is 128 cm³/mol. The largest absolute Gasteiger partial charge is 0.482 e. The number of anilines is 1. The van der Waals surface area contributed by atoms with Gasteiger partial charge in [-0.25, -0.2) is 4.79 Å². The van der Waals surface area contributed by atoms with Crippen molar-refractivity contribution in [2.24, 2.45) is 0 Å². The maximum atomic E-state index is 13.1. The quantitative estimate of drug-likeness (QED) is 0.293. The summed E-state index contributed by atoms with van der Waals surface area (Å²) in [5.74, 6) is -0.00816. The van der Waals surface area contributed by atoms with Crippen LogP contribution in [0.1, 0.15) is 12.5 Å². The molecule has 3 aromatic rings. The van der Waals surface area contributed by atoms with Crippen LogP contribution in [0.25, 0.3) is 16.8 Å². The third-order valence-corrected chi connectivity index (χ3v) is 5.94. The second kappa shape index (κ2) is 9.32. The molecule has 1 heterocycles. The van der Waals surface area contributed by atoms with Gasteiger partial charge in [0.2, 0.25) is 0 Å². The molecule has 0 aliphatic carbocycles. The van der Waals surface area contributed by atoms with Gasteiger partial charge >= 0.3 is 5.97 Å². The average molecular weight is 450 g/mol. The molecule has 0 unspecified atom stereocenters. The minimum atomic E-state index is -0.413. The van der Waals surface area contributed by atoms with Gasteiger partial charge in [0.25, 0.3) is 5.91 Å². The van der Waals surface area contributed by atoms with Crippen molar-refractivity contribution in [2.75, 3.05) is 18.1 Å². The van der Waals surface area contributed by atoms with Crippen molar-refractivity contribution in [3.8, 4) is 5.75 Å². The van der Waals surface area contributed by atoms with Crippen LogP contribution in [0, 0.1) is 0 Å². The highest BCUT2D eigenvalue weighted by Gasteiger charge is 2.34. The summed E-state index contributed by atoms with van der Waals surface area (Å²) in [4.78, 5) is 26.7. The minimum absolute atomic E-state index is 0.142. The molecule has 0 spiro atoms. The van der Waals surface area contributed by atoms with E-state index >= 15 is 0 Å². The Labute approximate surface area is 189 Å². The number of fused-ring (bicyclic) bond motifs is 1. The minimum Gasteiger partial charge on any atom is -0.482 e. The van der Waals surface area contributed by atoms with E-state index in [0.29, 0.717) is 21.6 Å². The van der Waals surface area contributed by atoms with Gasteiger partial charge in [-0.05, 0) is 42.1 Å². The smallest absolute Gasteiger partial charge is 0.344 e. The molecule has 1 saturated heterocycles. The van der Waals surface area contributed by atoms with Crippen molar-refractivity contribution in [3.05, 3.63) is 77.2 Å². The molecule has 1 amide bonds. The first-order chi connectivity index (χ1) is 15.1. The van der Waals surface area contributed by atoms with E-state index in [-0.39, 0.29) is 12.5 Å². The second-order valence-corrected chi connectivity index (χ2v) is 8.35.